The van der Waals surface area contributed by atoms with Crippen molar-refractivity contribution in [2.75, 3.05) is 18.4 Å². The summed E-state index contributed by atoms with van der Waals surface area (Å²) in [6.45, 7) is 4.16. The van der Waals surface area contributed by atoms with Crippen LogP contribution in [0.15, 0.2) is 10.7 Å². The van der Waals surface area contributed by atoms with Gasteiger partial charge in [0.15, 0.2) is 0 Å². The van der Waals surface area contributed by atoms with E-state index in [2.05, 4.69) is 36.8 Å². The fraction of sp³-hybridized carbons (Fsp3) is 0.600. The molecule has 1 fully saturated rings. The van der Waals surface area contributed by atoms with Gasteiger partial charge in [0.05, 0.1) is 0 Å². The molecule has 1 atom stereocenters. The van der Waals surface area contributed by atoms with Gasteiger partial charge in [-0.15, -0.1) is 22.6 Å². The van der Waals surface area contributed by atoms with Crippen molar-refractivity contribution in [2.24, 2.45) is 0 Å². The third-order valence-electron chi connectivity index (χ3n) is 2.57. The summed E-state index contributed by atoms with van der Waals surface area (Å²) in [5.74, 6) is 0.865. The van der Waals surface area contributed by atoms with Crippen LogP contribution in [-0.2, 0) is 0 Å². The highest BCUT2D eigenvalue weighted by Crippen LogP contribution is 2.16. The van der Waals surface area contributed by atoms with Gasteiger partial charge in [-0.1, -0.05) is 0 Å². The maximum absolute atomic E-state index is 4.10. The zero-order valence-corrected chi connectivity index (χ0v) is 11.6. The Kier molecular flexibility index (Phi) is 5.44. The summed E-state index contributed by atoms with van der Waals surface area (Å²) < 4.78 is 0.815. The molecule has 16 heavy (non-hydrogen) atoms. The predicted octanol–water partition coefficient (Wildman–Crippen LogP) is 2.13. The number of nitrogens with zero attached hydrogens (tertiary/aromatic N) is 2. The molecule has 0 amide bonds. The van der Waals surface area contributed by atoms with Crippen molar-refractivity contribution in [3.8, 4) is 0 Å². The van der Waals surface area contributed by atoms with Crippen LogP contribution >= 0.6 is 28.3 Å². The highest BCUT2D eigenvalue weighted by Gasteiger charge is 2.13. The third kappa shape index (κ3) is 3.57. The van der Waals surface area contributed by atoms with Gasteiger partial charge >= 0.3 is 0 Å². The van der Waals surface area contributed by atoms with Crippen LogP contribution in [0.1, 0.15) is 18.4 Å². The Labute approximate surface area is 110 Å². The van der Waals surface area contributed by atoms with E-state index in [1.165, 1.54) is 12.8 Å². The molecule has 6 heteroatoms. The largest absolute Gasteiger partial charge is 0.365 e. The van der Waals surface area contributed by atoms with Crippen molar-refractivity contribution in [2.45, 2.75) is 25.8 Å². The lowest BCUT2D eigenvalue weighted by atomic mass is 10.1. The monoisotopic (exact) mass is 306 g/mol. The second kappa shape index (κ2) is 6.37. The lowest BCUT2D eigenvalue weighted by molar-refractivity contribution is 0.478. The van der Waals surface area contributed by atoms with E-state index < -0.39 is 0 Å². The quantitative estimate of drug-likeness (QED) is 0.879. The summed E-state index contributed by atoms with van der Waals surface area (Å²) in [5, 5.41) is 14.9. The number of halogens is 2. The van der Waals surface area contributed by atoms with Gasteiger partial charge in [0.25, 0.3) is 0 Å². The summed E-state index contributed by atoms with van der Waals surface area (Å²) in [7, 11) is 0. The zero-order valence-electron chi connectivity index (χ0n) is 9.16. The first-order chi connectivity index (χ1) is 7.25. The standard InChI is InChI=1S/C10H15BrN4.ClH/c1-7-5-9(14-15-10(7)11)13-8-3-2-4-12-6-8;/h5,8,12H,2-4,6H2,1H3,(H,13,14);1H/t8-;/m1./s1. The summed E-state index contributed by atoms with van der Waals surface area (Å²) in [5.41, 5.74) is 1.11. The number of nitrogens with one attached hydrogen (secondary N) is 2. The molecule has 0 spiro atoms. The first-order valence-electron chi connectivity index (χ1n) is 5.23. The number of aromatic nitrogens is 2. The minimum atomic E-state index is 0. The summed E-state index contributed by atoms with van der Waals surface area (Å²) in [4.78, 5) is 0. The Balaban J connectivity index is 0.00000128. The molecular formula is C10H16BrClN4. The van der Waals surface area contributed by atoms with Crippen LogP contribution < -0.4 is 10.6 Å². The van der Waals surface area contributed by atoms with Crippen molar-refractivity contribution in [3.05, 3.63) is 16.2 Å². The number of hydrogen-bond acceptors (Lipinski definition) is 4. The molecule has 1 aliphatic heterocycles. The maximum atomic E-state index is 4.10. The lowest BCUT2D eigenvalue weighted by Crippen LogP contribution is -2.38. The average molecular weight is 308 g/mol. The summed E-state index contributed by atoms with van der Waals surface area (Å²) in [6, 6.07) is 2.50. The van der Waals surface area contributed by atoms with Gasteiger partial charge in [0.1, 0.15) is 10.4 Å². The molecule has 2 rings (SSSR count). The lowest BCUT2D eigenvalue weighted by Gasteiger charge is -2.24. The normalized spacial score (nSPS) is 20.0. The first kappa shape index (κ1) is 13.7. The van der Waals surface area contributed by atoms with E-state index in [4.69, 9.17) is 0 Å². The number of piperidine rings is 1. The van der Waals surface area contributed by atoms with Crippen LogP contribution in [-0.4, -0.2) is 29.3 Å². The minimum Gasteiger partial charge on any atom is -0.365 e. The minimum absolute atomic E-state index is 0. The molecule has 1 aliphatic rings. The van der Waals surface area contributed by atoms with Gasteiger partial charge in [0.2, 0.25) is 0 Å². The Morgan fingerprint density at radius 1 is 1.50 bits per heavy atom. The molecule has 2 N–H and O–H groups in total. The molecule has 0 bridgehead atoms. The molecule has 4 nitrogen and oxygen atoms in total. The van der Waals surface area contributed by atoms with E-state index in [0.717, 1.165) is 29.1 Å². The molecule has 0 saturated carbocycles. The Bertz CT molecular complexity index is 342. The number of rotatable bonds is 2. The van der Waals surface area contributed by atoms with Crippen molar-refractivity contribution in [3.63, 3.8) is 0 Å². The van der Waals surface area contributed by atoms with Crippen LogP contribution in [0.25, 0.3) is 0 Å². The predicted molar refractivity (Wildman–Crippen MR) is 71.2 cm³/mol. The number of hydrogen-bond donors (Lipinski definition) is 2. The molecule has 2 heterocycles. The molecule has 1 aromatic heterocycles. The molecule has 0 aliphatic carbocycles. The zero-order chi connectivity index (χ0) is 10.7. The van der Waals surface area contributed by atoms with Crippen molar-refractivity contribution >= 4 is 34.2 Å². The van der Waals surface area contributed by atoms with E-state index in [1.807, 2.05) is 13.0 Å². The van der Waals surface area contributed by atoms with Crippen molar-refractivity contribution in [1.29, 1.82) is 0 Å². The highest BCUT2D eigenvalue weighted by molar-refractivity contribution is 9.10. The second-order valence-electron chi connectivity index (χ2n) is 3.89. The highest BCUT2D eigenvalue weighted by atomic mass is 79.9. The van der Waals surface area contributed by atoms with Gasteiger partial charge in [0, 0.05) is 12.6 Å². The van der Waals surface area contributed by atoms with Crippen LogP contribution in [0, 0.1) is 6.92 Å². The van der Waals surface area contributed by atoms with Crippen LogP contribution in [0.2, 0.25) is 0 Å². The molecule has 1 saturated heterocycles. The van der Waals surface area contributed by atoms with Crippen LogP contribution in [0.4, 0.5) is 5.82 Å². The van der Waals surface area contributed by atoms with Gasteiger partial charge in [-0.05, 0) is 53.9 Å². The van der Waals surface area contributed by atoms with Gasteiger partial charge in [-0.2, -0.15) is 0 Å². The molecule has 0 aromatic carbocycles. The van der Waals surface area contributed by atoms with E-state index in [-0.39, 0.29) is 12.4 Å². The van der Waals surface area contributed by atoms with Crippen LogP contribution in [0.3, 0.4) is 0 Å². The van der Waals surface area contributed by atoms with Gasteiger partial charge in [-0.25, -0.2) is 0 Å². The van der Waals surface area contributed by atoms with E-state index in [9.17, 15) is 0 Å². The Morgan fingerprint density at radius 2 is 2.31 bits per heavy atom. The van der Waals surface area contributed by atoms with Crippen LogP contribution in [0.5, 0.6) is 0 Å². The van der Waals surface area contributed by atoms with Crippen molar-refractivity contribution in [1.82, 2.24) is 15.5 Å². The van der Waals surface area contributed by atoms with E-state index in [0.29, 0.717) is 6.04 Å². The average Bonchev–Trinajstić information content (AvgIpc) is 2.25. The Hall–Kier alpha value is -0.390. The smallest absolute Gasteiger partial charge is 0.149 e. The van der Waals surface area contributed by atoms with E-state index >= 15 is 0 Å². The molecular weight excluding hydrogens is 291 g/mol. The van der Waals surface area contributed by atoms with Gasteiger partial charge in [-0.3, -0.25) is 0 Å². The van der Waals surface area contributed by atoms with Gasteiger partial charge < -0.3 is 10.6 Å². The molecule has 0 radical (unpaired) electrons. The maximum Gasteiger partial charge on any atom is 0.149 e. The molecule has 90 valence electrons. The van der Waals surface area contributed by atoms with Crippen molar-refractivity contribution < 1.29 is 0 Å². The molecule has 0 unspecified atom stereocenters. The summed E-state index contributed by atoms with van der Waals surface area (Å²) >= 11 is 3.34. The third-order valence-corrected chi connectivity index (χ3v) is 3.36. The first-order valence-corrected chi connectivity index (χ1v) is 6.02. The van der Waals surface area contributed by atoms with E-state index in [1.54, 1.807) is 0 Å². The second-order valence-corrected chi connectivity index (χ2v) is 4.64. The molecule has 1 aromatic rings. The SMILES string of the molecule is Cc1cc(N[C@@H]2CCCNC2)nnc1Br.Cl. The Morgan fingerprint density at radius 3 is 2.94 bits per heavy atom. The topological polar surface area (TPSA) is 49.8 Å². The fourth-order valence-corrected chi connectivity index (χ4v) is 1.92. The number of aryl methyl sites for hydroxylation is 1. The fourth-order valence-electron chi connectivity index (χ4n) is 1.72. The summed E-state index contributed by atoms with van der Waals surface area (Å²) in [6.07, 6.45) is 2.42. The number of anilines is 1.